The van der Waals surface area contributed by atoms with E-state index < -0.39 is 0 Å². The molecule has 0 atom stereocenters. The minimum absolute atomic E-state index is 0.321. The third kappa shape index (κ3) is 2.95. The van der Waals surface area contributed by atoms with Gasteiger partial charge < -0.3 is 4.74 Å². The summed E-state index contributed by atoms with van der Waals surface area (Å²) in [5, 5.41) is 26.2. The molecule has 1 aliphatic rings. The van der Waals surface area contributed by atoms with Crippen LogP contribution >= 0.6 is 0 Å². The summed E-state index contributed by atoms with van der Waals surface area (Å²) in [6.45, 7) is 4.60. The first-order chi connectivity index (χ1) is 13.7. The van der Waals surface area contributed by atoms with Gasteiger partial charge in [0.1, 0.15) is 0 Å². The van der Waals surface area contributed by atoms with E-state index in [2.05, 4.69) is 35.5 Å². The van der Waals surface area contributed by atoms with Crippen LogP contribution in [0.4, 0.5) is 0 Å². The van der Waals surface area contributed by atoms with Gasteiger partial charge in [-0.05, 0) is 51.1 Å². The van der Waals surface area contributed by atoms with E-state index in [0.29, 0.717) is 11.8 Å². The number of methoxy groups -OCH3 is 1. The Balaban J connectivity index is 1.30. The Morgan fingerprint density at radius 2 is 1.68 bits per heavy atom. The number of fused-ring (bicyclic) bond motifs is 2. The molecule has 0 bridgehead atoms. The lowest BCUT2D eigenvalue weighted by Gasteiger charge is -2.30. The number of piperidine rings is 1. The molecule has 4 aromatic rings. The van der Waals surface area contributed by atoms with Crippen molar-refractivity contribution in [3.05, 3.63) is 41.6 Å². The second-order valence-electron chi connectivity index (χ2n) is 7.12. The molecule has 0 unspecified atom stereocenters. The predicted molar refractivity (Wildman–Crippen MR) is 100 cm³/mol. The molecule has 0 aromatic carbocycles. The fraction of sp³-hybridized carbons (Fsp3) is 0.444. The molecule has 0 amide bonds. The number of nitrogens with zero attached hydrogens (tertiary/aromatic N) is 9. The minimum Gasteiger partial charge on any atom is -0.480 e. The zero-order chi connectivity index (χ0) is 19.1. The molecule has 144 valence electrons. The van der Waals surface area contributed by atoms with Crippen molar-refractivity contribution < 1.29 is 4.74 Å². The number of hydrogen-bond donors (Lipinski definition) is 0. The summed E-state index contributed by atoms with van der Waals surface area (Å²) in [4.78, 5) is 2.38. The number of likely N-dealkylation sites (tertiary alicyclic amines) is 1. The average molecular weight is 379 g/mol. The largest absolute Gasteiger partial charge is 0.480 e. The van der Waals surface area contributed by atoms with Gasteiger partial charge in [-0.3, -0.25) is 4.90 Å². The molecule has 10 nitrogen and oxygen atoms in total. The Kier molecular flexibility index (Phi) is 4.12. The number of ether oxygens (including phenoxy) is 1. The van der Waals surface area contributed by atoms with Crippen LogP contribution in [0.3, 0.4) is 0 Å². The third-order valence-corrected chi connectivity index (χ3v) is 5.25. The standard InChI is InChI=1S/C18H21N9O/c1-12-3-4-14-19-21-16(26(14)23-12)11-25-9-7-13(8-10-25)18-22-20-15-5-6-17(28-2)24-27(15)18/h3-6,13H,7-11H2,1-2H3. The maximum Gasteiger partial charge on any atom is 0.231 e. The Morgan fingerprint density at radius 1 is 0.929 bits per heavy atom. The van der Waals surface area contributed by atoms with Gasteiger partial charge in [-0.25, -0.2) is 0 Å². The maximum absolute atomic E-state index is 5.24. The second-order valence-corrected chi connectivity index (χ2v) is 7.12. The summed E-state index contributed by atoms with van der Waals surface area (Å²) in [5.74, 6) is 2.66. The van der Waals surface area contributed by atoms with E-state index in [0.717, 1.165) is 61.1 Å². The van der Waals surface area contributed by atoms with E-state index in [1.165, 1.54) is 0 Å². The van der Waals surface area contributed by atoms with Gasteiger partial charge in [-0.2, -0.15) is 14.1 Å². The molecule has 0 spiro atoms. The van der Waals surface area contributed by atoms with Crippen molar-refractivity contribution in [3.8, 4) is 5.88 Å². The van der Waals surface area contributed by atoms with Gasteiger partial charge in [0.05, 0.1) is 19.3 Å². The topological polar surface area (TPSA) is 98.6 Å². The van der Waals surface area contributed by atoms with Crippen LogP contribution in [0.5, 0.6) is 5.88 Å². The van der Waals surface area contributed by atoms with Crippen LogP contribution in [0.1, 0.15) is 36.1 Å². The minimum atomic E-state index is 0.321. The highest BCUT2D eigenvalue weighted by Gasteiger charge is 2.26. The van der Waals surface area contributed by atoms with E-state index in [-0.39, 0.29) is 0 Å². The zero-order valence-electron chi connectivity index (χ0n) is 15.9. The second kappa shape index (κ2) is 6.79. The van der Waals surface area contributed by atoms with Crippen LogP contribution in [0.2, 0.25) is 0 Å². The van der Waals surface area contributed by atoms with Gasteiger partial charge in [-0.1, -0.05) is 0 Å². The summed E-state index contributed by atoms with van der Waals surface area (Å²) in [6.07, 6.45) is 1.98. The van der Waals surface area contributed by atoms with Crippen LogP contribution < -0.4 is 4.74 Å². The first-order valence-corrected chi connectivity index (χ1v) is 9.38. The Bertz CT molecular complexity index is 1130. The molecule has 5 rings (SSSR count). The molecular formula is C18H21N9O. The molecule has 4 aromatic heterocycles. The Hall–Kier alpha value is -3.14. The monoisotopic (exact) mass is 379 g/mol. The van der Waals surface area contributed by atoms with E-state index in [1.54, 1.807) is 17.7 Å². The molecular weight excluding hydrogens is 358 g/mol. The van der Waals surface area contributed by atoms with Crippen LogP contribution in [-0.4, -0.2) is 64.7 Å². The summed E-state index contributed by atoms with van der Waals surface area (Å²) in [6, 6.07) is 7.58. The smallest absolute Gasteiger partial charge is 0.231 e. The number of aryl methyl sites for hydroxylation is 1. The number of hydrogen-bond acceptors (Lipinski definition) is 8. The SMILES string of the molecule is COc1ccc2nnc(C3CCN(Cc4nnc5ccc(C)nn45)CC3)n2n1. The van der Waals surface area contributed by atoms with E-state index in [9.17, 15) is 0 Å². The summed E-state index contributed by atoms with van der Waals surface area (Å²) in [7, 11) is 1.61. The fourth-order valence-corrected chi connectivity index (χ4v) is 3.72. The van der Waals surface area contributed by atoms with Crippen LogP contribution in [-0.2, 0) is 6.54 Å². The van der Waals surface area contributed by atoms with Crippen molar-refractivity contribution in [3.63, 3.8) is 0 Å². The van der Waals surface area contributed by atoms with E-state index in [1.807, 2.05) is 29.6 Å². The molecule has 1 aliphatic heterocycles. The predicted octanol–water partition coefficient (Wildman–Crippen LogP) is 1.26. The van der Waals surface area contributed by atoms with Crippen molar-refractivity contribution in [1.29, 1.82) is 0 Å². The van der Waals surface area contributed by atoms with Crippen LogP contribution in [0, 0.1) is 6.92 Å². The van der Waals surface area contributed by atoms with E-state index >= 15 is 0 Å². The van der Waals surface area contributed by atoms with Gasteiger partial charge >= 0.3 is 0 Å². The first kappa shape index (κ1) is 17.0. The molecule has 10 heteroatoms. The van der Waals surface area contributed by atoms with Gasteiger partial charge in [0.15, 0.2) is 22.9 Å². The number of rotatable bonds is 4. The van der Waals surface area contributed by atoms with Crippen LogP contribution in [0.25, 0.3) is 11.3 Å². The molecule has 1 saturated heterocycles. The lowest BCUT2D eigenvalue weighted by atomic mass is 9.96. The molecule has 0 aliphatic carbocycles. The summed E-state index contributed by atoms with van der Waals surface area (Å²) >= 11 is 0. The fourth-order valence-electron chi connectivity index (χ4n) is 3.72. The highest BCUT2D eigenvalue weighted by molar-refractivity contribution is 5.38. The van der Waals surface area contributed by atoms with Gasteiger partial charge in [0.25, 0.3) is 0 Å². The van der Waals surface area contributed by atoms with Gasteiger partial charge in [-0.15, -0.1) is 25.5 Å². The Labute approximate surface area is 161 Å². The van der Waals surface area contributed by atoms with Crippen molar-refractivity contribution in [2.24, 2.45) is 0 Å². The van der Waals surface area contributed by atoms with Crippen LogP contribution in [0.15, 0.2) is 24.3 Å². The number of aromatic nitrogens is 8. The average Bonchev–Trinajstić information content (AvgIpc) is 3.32. The van der Waals surface area contributed by atoms with Gasteiger partial charge in [0.2, 0.25) is 5.88 Å². The lowest BCUT2D eigenvalue weighted by molar-refractivity contribution is 0.195. The van der Waals surface area contributed by atoms with Crippen molar-refractivity contribution in [1.82, 2.24) is 44.5 Å². The highest BCUT2D eigenvalue weighted by atomic mass is 16.5. The molecule has 5 heterocycles. The van der Waals surface area contributed by atoms with Crippen molar-refractivity contribution >= 4 is 11.3 Å². The first-order valence-electron chi connectivity index (χ1n) is 9.38. The quantitative estimate of drug-likeness (QED) is 0.523. The highest BCUT2D eigenvalue weighted by Crippen LogP contribution is 2.27. The molecule has 28 heavy (non-hydrogen) atoms. The normalized spacial score (nSPS) is 16.2. The summed E-state index contributed by atoms with van der Waals surface area (Å²) < 4.78 is 8.88. The van der Waals surface area contributed by atoms with E-state index in [4.69, 9.17) is 4.74 Å². The third-order valence-electron chi connectivity index (χ3n) is 5.25. The molecule has 0 radical (unpaired) electrons. The molecule has 0 saturated carbocycles. The maximum atomic E-state index is 5.24. The molecule has 0 N–H and O–H groups in total. The zero-order valence-corrected chi connectivity index (χ0v) is 15.9. The van der Waals surface area contributed by atoms with Crippen molar-refractivity contribution in [2.75, 3.05) is 20.2 Å². The Morgan fingerprint density at radius 3 is 2.50 bits per heavy atom. The van der Waals surface area contributed by atoms with Crippen molar-refractivity contribution in [2.45, 2.75) is 32.2 Å². The van der Waals surface area contributed by atoms with Gasteiger partial charge in [0, 0.05) is 12.0 Å². The lowest BCUT2D eigenvalue weighted by Crippen LogP contribution is -2.33. The summed E-state index contributed by atoms with van der Waals surface area (Å²) in [5.41, 5.74) is 2.48. The molecule has 1 fully saturated rings.